The fraction of sp³-hybridized carbons (Fsp3) is 0.0185. The van der Waals surface area contributed by atoms with Crippen LogP contribution in [0.5, 0.6) is 0 Å². The van der Waals surface area contributed by atoms with E-state index in [0.717, 1.165) is 72.4 Å². The molecule has 0 saturated heterocycles. The van der Waals surface area contributed by atoms with Crippen LogP contribution in [0.4, 0.5) is 0 Å². The molecule has 0 amide bonds. The molecule has 0 fully saturated rings. The number of rotatable bonds is 10. The molecule has 0 radical (unpaired) electrons. The van der Waals surface area contributed by atoms with Crippen LogP contribution in [0, 0.1) is 0 Å². The third-order valence-electron chi connectivity index (χ3n) is 10.3. The molecule has 58 heavy (non-hydrogen) atoms. The molecular formula is C54H39N3O. The van der Waals surface area contributed by atoms with E-state index < -0.39 is 0 Å². The molecule has 0 spiro atoms. The van der Waals surface area contributed by atoms with E-state index >= 15 is 0 Å². The summed E-state index contributed by atoms with van der Waals surface area (Å²) in [5, 5.41) is 0.990. The van der Waals surface area contributed by atoms with Gasteiger partial charge in [0.2, 0.25) is 0 Å². The summed E-state index contributed by atoms with van der Waals surface area (Å²) < 4.78 is 6.27. The van der Waals surface area contributed by atoms with Gasteiger partial charge in [-0.3, -0.25) is 0 Å². The fourth-order valence-corrected chi connectivity index (χ4v) is 7.48. The molecule has 4 nitrogen and oxygen atoms in total. The van der Waals surface area contributed by atoms with Gasteiger partial charge >= 0.3 is 0 Å². The summed E-state index contributed by atoms with van der Waals surface area (Å²) in [5.74, 6) is 2.52. The zero-order valence-corrected chi connectivity index (χ0v) is 32.1. The van der Waals surface area contributed by atoms with E-state index in [2.05, 4.69) is 146 Å². The van der Waals surface area contributed by atoms with Crippen molar-refractivity contribution < 1.29 is 4.42 Å². The Morgan fingerprint density at radius 3 is 1.34 bits per heavy atom. The number of fused-ring (bicyclic) bond motifs is 1. The fourth-order valence-electron chi connectivity index (χ4n) is 7.48. The first-order valence-electron chi connectivity index (χ1n) is 19.4. The Hall–Kier alpha value is -7.69. The first-order valence-corrected chi connectivity index (χ1v) is 19.4. The molecule has 9 aromatic rings. The molecule has 2 heterocycles. The topological polar surface area (TPSA) is 51.8 Å². The van der Waals surface area contributed by atoms with Crippen LogP contribution in [-0.2, 0) is 0 Å². The van der Waals surface area contributed by atoms with Crippen LogP contribution in [-0.4, -0.2) is 15.0 Å². The zero-order valence-electron chi connectivity index (χ0n) is 32.1. The average molecular weight is 746 g/mol. The summed E-state index contributed by atoms with van der Waals surface area (Å²) in [6.07, 6.45) is 5.76. The molecule has 0 N–H and O–H groups in total. The van der Waals surface area contributed by atoms with Crippen molar-refractivity contribution in [3.05, 3.63) is 234 Å². The van der Waals surface area contributed by atoms with Gasteiger partial charge in [0, 0.05) is 27.6 Å². The van der Waals surface area contributed by atoms with E-state index in [9.17, 15) is 0 Å². The van der Waals surface area contributed by atoms with E-state index in [1.54, 1.807) is 0 Å². The average Bonchev–Trinajstić information content (AvgIpc) is 3.65. The van der Waals surface area contributed by atoms with Crippen molar-refractivity contribution in [3.63, 3.8) is 0 Å². The molecule has 0 bridgehead atoms. The maximum Gasteiger partial charge on any atom is 0.164 e. The summed E-state index contributed by atoms with van der Waals surface area (Å²) in [7, 11) is 0. The second-order valence-corrected chi connectivity index (χ2v) is 14.0. The number of allylic oxidation sites excluding steroid dienone is 1. The molecule has 0 aliphatic heterocycles. The molecule has 4 heteroatoms. The molecule has 0 unspecified atom stereocenters. The minimum absolute atomic E-state index is 0.563. The van der Waals surface area contributed by atoms with Gasteiger partial charge in [0.1, 0.15) is 11.3 Å². The Labute approximate surface area is 338 Å². The first kappa shape index (κ1) is 36.0. The van der Waals surface area contributed by atoms with Crippen LogP contribution < -0.4 is 0 Å². The molecule has 0 atom stereocenters. The number of hydrogen-bond acceptors (Lipinski definition) is 4. The van der Waals surface area contributed by atoms with Gasteiger partial charge in [-0.2, -0.15) is 0 Å². The number of furan rings is 1. The first-order chi connectivity index (χ1) is 28.7. The molecular weight excluding hydrogens is 707 g/mol. The Morgan fingerprint density at radius 1 is 0.448 bits per heavy atom. The van der Waals surface area contributed by atoms with E-state index in [0.29, 0.717) is 17.5 Å². The van der Waals surface area contributed by atoms with Crippen LogP contribution in [0.15, 0.2) is 205 Å². The van der Waals surface area contributed by atoms with Crippen molar-refractivity contribution in [2.24, 2.45) is 0 Å². The lowest BCUT2D eigenvalue weighted by Gasteiger charge is -2.19. The van der Waals surface area contributed by atoms with E-state index in [4.69, 9.17) is 19.4 Å². The summed E-state index contributed by atoms with van der Waals surface area (Å²) in [6.45, 7) is 6.00. The van der Waals surface area contributed by atoms with Crippen LogP contribution in [0.1, 0.15) is 40.5 Å². The normalized spacial score (nSPS) is 11.2. The summed E-state index contributed by atoms with van der Waals surface area (Å²) in [6, 6.07) is 65.4. The lowest BCUT2D eigenvalue weighted by Crippen LogP contribution is -2.01. The Balaban J connectivity index is 1.19. The second-order valence-electron chi connectivity index (χ2n) is 14.0. The summed E-state index contributed by atoms with van der Waals surface area (Å²) >= 11 is 0. The van der Waals surface area contributed by atoms with Crippen LogP contribution in [0.3, 0.4) is 0 Å². The van der Waals surface area contributed by atoms with Crippen LogP contribution in [0.25, 0.3) is 79.6 Å². The van der Waals surface area contributed by atoms with Crippen molar-refractivity contribution >= 4 is 34.3 Å². The monoisotopic (exact) mass is 745 g/mol. The highest BCUT2D eigenvalue weighted by Crippen LogP contribution is 2.39. The highest BCUT2D eigenvalue weighted by Gasteiger charge is 2.19. The minimum atomic E-state index is 0.563. The minimum Gasteiger partial charge on any atom is -0.456 e. The molecule has 9 rings (SSSR count). The van der Waals surface area contributed by atoms with Gasteiger partial charge in [-0.15, -0.1) is 0 Å². The molecule has 0 saturated carbocycles. The maximum atomic E-state index is 6.27. The molecule has 7 aromatic carbocycles. The molecule has 276 valence electrons. The van der Waals surface area contributed by atoms with Crippen molar-refractivity contribution in [1.82, 2.24) is 15.0 Å². The van der Waals surface area contributed by atoms with E-state index in [1.165, 1.54) is 11.1 Å². The van der Waals surface area contributed by atoms with Gasteiger partial charge in [0.15, 0.2) is 17.5 Å². The Bertz CT molecular complexity index is 2870. The smallest absolute Gasteiger partial charge is 0.164 e. The summed E-state index contributed by atoms with van der Waals surface area (Å²) in [5.41, 5.74) is 13.5. The second kappa shape index (κ2) is 16.2. The van der Waals surface area contributed by atoms with Crippen molar-refractivity contribution in [3.8, 4) is 45.3 Å². The lowest BCUT2D eigenvalue weighted by molar-refractivity contribution is 0.603. The van der Waals surface area contributed by atoms with Crippen molar-refractivity contribution in [1.29, 1.82) is 0 Å². The number of nitrogens with zero attached hydrogens (tertiary/aromatic N) is 3. The third-order valence-corrected chi connectivity index (χ3v) is 10.3. The van der Waals surface area contributed by atoms with Crippen LogP contribution >= 0.6 is 0 Å². The zero-order chi connectivity index (χ0) is 39.3. The number of hydrogen-bond donors (Lipinski definition) is 0. The molecule has 0 aliphatic carbocycles. The maximum absolute atomic E-state index is 6.27. The summed E-state index contributed by atoms with van der Waals surface area (Å²) in [4.78, 5) is 15.1. The van der Waals surface area contributed by atoms with Crippen molar-refractivity contribution in [2.75, 3.05) is 0 Å². The highest BCUT2D eigenvalue weighted by atomic mass is 16.3. The molecule has 0 aliphatic rings. The standard InChI is InChI=1S/C54H39N3O/c1-3-17-48-46(4-2)47-35-34-45(36-49(47)58-48)54-56-52(43-24-15-8-16-25-43)55-53(57-54)44-32-30-42(31-33-44)51(41-28-26-38(27-29-41)37-18-9-5-10-19-37)50(39-20-11-6-12-21-39)40-22-13-7-14-23-40/h3-36H,2H2,1H3/b17-3-. The predicted molar refractivity (Wildman–Crippen MR) is 240 cm³/mol. The SMILES string of the molecule is C=Cc1c(/C=C\C)oc2cc(-c3nc(-c4ccccc4)nc(-c4ccc(C(=C(c5ccccc5)c5ccccc5)c5ccc(-c6ccccc6)cc5)cc4)n3)ccc12. The third kappa shape index (κ3) is 7.23. The van der Waals surface area contributed by atoms with Gasteiger partial charge in [0.05, 0.1) is 0 Å². The van der Waals surface area contributed by atoms with Gasteiger partial charge in [-0.1, -0.05) is 195 Å². The quantitative estimate of drug-likeness (QED) is 0.131. The van der Waals surface area contributed by atoms with Crippen molar-refractivity contribution in [2.45, 2.75) is 6.92 Å². The number of aromatic nitrogens is 3. The number of benzene rings is 7. The van der Waals surface area contributed by atoms with Crippen LogP contribution in [0.2, 0.25) is 0 Å². The highest BCUT2D eigenvalue weighted by molar-refractivity contribution is 6.05. The van der Waals surface area contributed by atoms with Gasteiger partial charge < -0.3 is 4.42 Å². The predicted octanol–water partition coefficient (Wildman–Crippen LogP) is 14.0. The van der Waals surface area contributed by atoms with Gasteiger partial charge in [-0.25, -0.2) is 15.0 Å². The molecule has 2 aromatic heterocycles. The van der Waals surface area contributed by atoms with Gasteiger partial charge in [0.25, 0.3) is 0 Å². The van der Waals surface area contributed by atoms with E-state index in [1.807, 2.05) is 73.7 Å². The largest absolute Gasteiger partial charge is 0.456 e. The van der Waals surface area contributed by atoms with E-state index in [-0.39, 0.29) is 0 Å². The van der Waals surface area contributed by atoms with Gasteiger partial charge in [-0.05, 0) is 69.7 Å². The Morgan fingerprint density at radius 2 is 0.845 bits per heavy atom. The Kier molecular flexibility index (Phi) is 10.0. The lowest BCUT2D eigenvalue weighted by atomic mass is 9.85.